The summed E-state index contributed by atoms with van der Waals surface area (Å²) < 4.78 is 1.68. The fourth-order valence-electron chi connectivity index (χ4n) is 5.27. The lowest BCUT2D eigenvalue weighted by Crippen LogP contribution is -2.39. The summed E-state index contributed by atoms with van der Waals surface area (Å²) in [5, 5.41) is 18.7. The van der Waals surface area contributed by atoms with E-state index in [1.807, 2.05) is 42.3 Å². The van der Waals surface area contributed by atoms with Crippen LogP contribution in [0.3, 0.4) is 0 Å². The standard InChI is InChI=1S/C26H27N7O2S/c1-15-13-22-29-30-23(16(2)33(22)31-15)26(35)32-11-9-18(10-12-32)25-28-21(14-36-25)24(34)27-20-8-7-17-5-3-4-6-19(17)20/h3-6,13-14,18,20H,7-12H2,1-2H3,(H,27,34). The number of thiazole rings is 1. The van der Waals surface area contributed by atoms with E-state index in [2.05, 4.69) is 37.7 Å². The number of benzene rings is 1. The van der Waals surface area contributed by atoms with Crippen LogP contribution in [0.5, 0.6) is 0 Å². The Morgan fingerprint density at radius 3 is 2.72 bits per heavy atom. The summed E-state index contributed by atoms with van der Waals surface area (Å²) in [4.78, 5) is 32.6. The number of hydrogen-bond acceptors (Lipinski definition) is 7. The van der Waals surface area contributed by atoms with Crippen LogP contribution < -0.4 is 5.32 Å². The summed E-state index contributed by atoms with van der Waals surface area (Å²) in [7, 11) is 0. The molecule has 1 aliphatic heterocycles. The summed E-state index contributed by atoms with van der Waals surface area (Å²) in [5.41, 5.74) is 5.51. The normalized spacial score (nSPS) is 17.9. The van der Waals surface area contributed by atoms with Crippen molar-refractivity contribution in [2.45, 2.75) is 51.5 Å². The zero-order valence-electron chi connectivity index (χ0n) is 20.3. The van der Waals surface area contributed by atoms with Crippen LogP contribution in [-0.2, 0) is 6.42 Å². The smallest absolute Gasteiger partial charge is 0.276 e. The predicted octanol–water partition coefficient (Wildman–Crippen LogP) is 3.63. The van der Waals surface area contributed by atoms with E-state index in [1.54, 1.807) is 4.52 Å². The molecule has 3 aromatic heterocycles. The minimum atomic E-state index is -0.121. The molecule has 0 spiro atoms. The van der Waals surface area contributed by atoms with E-state index in [0.717, 1.165) is 36.4 Å². The van der Waals surface area contributed by atoms with Crippen molar-refractivity contribution >= 4 is 28.8 Å². The number of amides is 2. The van der Waals surface area contributed by atoms with Crippen LogP contribution in [0.2, 0.25) is 0 Å². The van der Waals surface area contributed by atoms with Crippen molar-refractivity contribution < 1.29 is 9.59 Å². The molecule has 2 amide bonds. The number of piperidine rings is 1. The molecular weight excluding hydrogens is 474 g/mol. The van der Waals surface area contributed by atoms with E-state index in [0.29, 0.717) is 35.8 Å². The van der Waals surface area contributed by atoms with Gasteiger partial charge in [-0.1, -0.05) is 24.3 Å². The fourth-order valence-corrected chi connectivity index (χ4v) is 6.24. The lowest BCUT2D eigenvalue weighted by Gasteiger charge is -2.31. The third-order valence-electron chi connectivity index (χ3n) is 7.25. The topological polar surface area (TPSA) is 105 Å². The molecule has 4 aromatic rings. The SMILES string of the molecule is Cc1cc2nnc(C(=O)N3CCC(c4nc(C(=O)NC5CCc6ccccc65)cs4)CC3)c(C)n2n1. The number of nitrogens with zero attached hydrogens (tertiary/aromatic N) is 6. The highest BCUT2D eigenvalue weighted by Gasteiger charge is 2.30. The molecule has 9 nitrogen and oxygen atoms in total. The van der Waals surface area contributed by atoms with Crippen LogP contribution in [0.15, 0.2) is 35.7 Å². The number of carbonyl (C=O) groups is 2. The quantitative estimate of drug-likeness (QED) is 0.458. The zero-order valence-corrected chi connectivity index (χ0v) is 21.1. The van der Waals surface area contributed by atoms with Gasteiger partial charge in [0.1, 0.15) is 5.69 Å². The monoisotopic (exact) mass is 501 g/mol. The van der Waals surface area contributed by atoms with Gasteiger partial charge in [0, 0.05) is 30.5 Å². The third kappa shape index (κ3) is 4.05. The lowest BCUT2D eigenvalue weighted by molar-refractivity contribution is 0.0704. The van der Waals surface area contributed by atoms with Gasteiger partial charge in [-0.3, -0.25) is 9.59 Å². The van der Waals surface area contributed by atoms with E-state index in [9.17, 15) is 9.59 Å². The first kappa shape index (κ1) is 22.8. The number of hydrogen-bond donors (Lipinski definition) is 1. The van der Waals surface area contributed by atoms with Gasteiger partial charge >= 0.3 is 0 Å². The molecule has 36 heavy (non-hydrogen) atoms. The van der Waals surface area contributed by atoms with Gasteiger partial charge in [-0.15, -0.1) is 21.5 Å². The number of likely N-dealkylation sites (tertiary alicyclic amines) is 1. The van der Waals surface area contributed by atoms with Crippen LogP contribution >= 0.6 is 11.3 Å². The molecule has 1 fully saturated rings. The summed E-state index contributed by atoms with van der Waals surface area (Å²) in [6.45, 7) is 4.96. The number of rotatable bonds is 4. The van der Waals surface area contributed by atoms with Gasteiger partial charge in [0.05, 0.1) is 22.4 Å². The Labute approximate surface area is 212 Å². The maximum Gasteiger partial charge on any atom is 0.276 e. The first-order chi connectivity index (χ1) is 17.5. The van der Waals surface area contributed by atoms with Gasteiger partial charge in [0.2, 0.25) is 0 Å². The Morgan fingerprint density at radius 1 is 1.08 bits per heavy atom. The average Bonchev–Trinajstić information content (AvgIpc) is 3.63. The van der Waals surface area contributed by atoms with Crippen molar-refractivity contribution in [2.24, 2.45) is 0 Å². The van der Waals surface area contributed by atoms with Crippen LogP contribution in [0, 0.1) is 13.8 Å². The van der Waals surface area contributed by atoms with E-state index in [1.165, 1.54) is 22.5 Å². The second kappa shape index (κ2) is 9.09. The second-order valence-corrected chi connectivity index (χ2v) is 10.5. The molecule has 184 valence electrons. The van der Waals surface area contributed by atoms with Crippen molar-refractivity contribution in [1.29, 1.82) is 0 Å². The minimum absolute atomic E-state index is 0.0459. The summed E-state index contributed by atoms with van der Waals surface area (Å²) in [5.74, 6) is -0.00842. The molecule has 1 saturated heterocycles. The van der Waals surface area contributed by atoms with Crippen LogP contribution in [0.25, 0.3) is 5.65 Å². The molecule has 1 aliphatic carbocycles. The molecule has 2 aliphatic rings. The molecular formula is C26H27N7O2S. The maximum atomic E-state index is 13.2. The molecule has 10 heteroatoms. The van der Waals surface area contributed by atoms with Crippen molar-refractivity contribution in [3.8, 4) is 0 Å². The molecule has 1 N–H and O–H groups in total. The highest BCUT2D eigenvalue weighted by atomic mass is 32.1. The van der Waals surface area contributed by atoms with Gasteiger partial charge in [-0.2, -0.15) is 5.10 Å². The Hall–Kier alpha value is -3.66. The van der Waals surface area contributed by atoms with Crippen molar-refractivity contribution in [1.82, 2.24) is 35.0 Å². The van der Waals surface area contributed by atoms with Gasteiger partial charge in [0.25, 0.3) is 11.8 Å². The van der Waals surface area contributed by atoms with Crippen LogP contribution in [-0.4, -0.2) is 54.6 Å². The maximum absolute atomic E-state index is 13.2. The van der Waals surface area contributed by atoms with E-state index in [4.69, 9.17) is 0 Å². The highest BCUT2D eigenvalue weighted by Crippen LogP contribution is 2.33. The Kier molecular flexibility index (Phi) is 5.75. The zero-order chi connectivity index (χ0) is 24.8. The molecule has 6 rings (SSSR count). The Morgan fingerprint density at radius 2 is 1.89 bits per heavy atom. The van der Waals surface area contributed by atoms with Gasteiger partial charge in [0.15, 0.2) is 11.3 Å². The fraction of sp³-hybridized carbons (Fsp3) is 0.385. The minimum Gasteiger partial charge on any atom is -0.344 e. The Balaban J connectivity index is 1.09. The highest BCUT2D eigenvalue weighted by molar-refractivity contribution is 7.09. The molecule has 0 bridgehead atoms. The van der Waals surface area contributed by atoms with Crippen LogP contribution in [0.4, 0.5) is 0 Å². The van der Waals surface area contributed by atoms with Gasteiger partial charge < -0.3 is 10.2 Å². The summed E-state index contributed by atoms with van der Waals surface area (Å²) >= 11 is 1.53. The Bertz CT molecular complexity index is 1470. The molecule has 4 heterocycles. The molecule has 1 aromatic carbocycles. The molecule has 1 atom stereocenters. The van der Waals surface area contributed by atoms with E-state index >= 15 is 0 Å². The molecule has 1 unspecified atom stereocenters. The van der Waals surface area contributed by atoms with Gasteiger partial charge in [-0.25, -0.2) is 9.50 Å². The average molecular weight is 502 g/mol. The van der Waals surface area contributed by atoms with E-state index in [-0.39, 0.29) is 23.8 Å². The van der Waals surface area contributed by atoms with Crippen molar-refractivity contribution in [3.63, 3.8) is 0 Å². The van der Waals surface area contributed by atoms with Gasteiger partial charge in [-0.05, 0) is 50.7 Å². The molecule has 0 radical (unpaired) electrons. The number of aromatic nitrogens is 5. The number of nitrogens with one attached hydrogen (secondary N) is 1. The van der Waals surface area contributed by atoms with E-state index < -0.39 is 0 Å². The van der Waals surface area contributed by atoms with Crippen molar-refractivity contribution in [2.75, 3.05) is 13.1 Å². The number of aryl methyl sites for hydroxylation is 3. The van der Waals surface area contributed by atoms with Crippen molar-refractivity contribution in [3.05, 3.63) is 74.6 Å². The molecule has 0 saturated carbocycles. The predicted molar refractivity (Wildman–Crippen MR) is 135 cm³/mol. The number of fused-ring (bicyclic) bond motifs is 2. The van der Waals surface area contributed by atoms with Crippen LogP contribution in [0.1, 0.15) is 79.7 Å². The third-order valence-corrected chi connectivity index (χ3v) is 8.26. The first-order valence-corrected chi connectivity index (χ1v) is 13.2. The lowest BCUT2D eigenvalue weighted by atomic mass is 9.97. The first-order valence-electron chi connectivity index (χ1n) is 12.3. The summed E-state index contributed by atoms with van der Waals surface area (Å²) in [6, 6.07) is 10.2. The summed E-state index contributed by atoms with van der Waals surface area (Å²) in [6.07, 6.45) is 3.50. The largest absolute Gasteiger partial charge is 0.344 e. The second-order valence-electron chi connectivity index (χ2n) is 9.59. The number of carbonyl (C=O) groups excluding carboxylic acids is 2.